The first kappa shape index (κ1) is 19.3. The van der Waals surface area contributed by atoms with Crippen LogP contribution in [-0.2, 0) is 6.42 Å². The van der Waals surface area contributed by atoms with E-state index in [0.29, 0.717) is 11.6 Å². The van der Waals surface area contributed by atoms with Crippen molar-refractivity contribution < 1.29 is 33.5 Å². The fraction of sp³-hybridized carbons (Fsp3) is 0.273. The Bertz CT molecular complexity index is 460. The molecule has 1 aromatic rings. The van der Waals surface area contributed by atoms with E-state index in [1.54, 1.807) is 6.34 Å². The van der Waals surface area contributed by atoms with Crippen LogP contribution in [0.4, 0.5) is 0 Å². The summed E-state index contributed by atoms with van der Waals surface area (Å²) in [6.45, 7) is 0. The first-order chi connectivity index (χ1) is 9.08. The van der Waals surface area contributed by atoms with Gasteiger partial charge in [-0.3, -0.25) is 4.58 Å². The molecule has 0 bridgehead atoms. The van der Waals surface area contributed by atoms with Crippen LogP contribution in [0.3, 0.4) is 0 Å². The van der Waals surface area contributed by atoms with Gasteiger partial charge in [0.05, 0.1) is 20.5 Å². The average molecular weight is 344 g/mol. The summed E-state index contributed by atoms with van der Waals surface area (Å²) in [5.41, 5.74) is 1.10. The molecule has 0 aliphatic rings. The first-order valence-corrected chi connectivity index (χ1v) is 7.15. The van der Waals surface area contributed by atoms with E-state index >= 15 is 0 Å². The minimum Gasteiger partial charge on any atom is -0.270 e. The minimum atomic E-state index is -4.94. The zero-order valence-electron chi connectivity index (χ0n) is 10.8. The fourth-order valence-corrected chi connectivity index (χ4v) is 1.32. The lowest BCUT2D eigenvalue weighted by Crippen LogP contribution is -2.68. The molecule has 9 heteroatoms. The Morgan fingerprint density at radius 3 is 2.05 bits per heavy atom. The molecule has 0 saturated heterocycles. The molecule has 0 amide bonds. The molecule has 1 aromatic carbocycles. The summed E-state index contributed by atoms with van der Waals surface area (Å²) in [7, 11) is -1.15. The van der Waals surface area contributed by atoms with Crippen molar-refractivity contribution in [2.24, 2.45) is 4.99 Å². The van der Waals surface area contributed by atoms with Crippen LogP contribution >= 0.6 is 23.2 Å². The van der Waals surface area contributed by atoms with E-state index in [-0.39, 0.29) is 0 Å². The maximum atomic E-state index is 8.49. The topological polar surface area (TPSA) is 108 Å². The zero-order chi connectivity index (χ0) is 15.8. The van der Waals surface area contributed by atoms with Crippen LogP contribution in [-0.4, -0.2) is 30.2 Å². The summed E-state index contributed by atoms with van der Waals surface area (Å²) in [5.74, 6) is 0. The van der Waals surface area contributed by atoms with Gasteiger partial charge in [-0.15, -0.1) is 10.2 Å². The molecule has 1 rings (SSSR count). The number of hydrogen-bond acceptors (Lipinski definition) is 4. The van der Waals surface area contributed by atoms with Gasteiger partial charge in [-0.1, -0.05) is 23.7 Å². The molecule has 20 heavy (non-hydrogen) atoms. The van der Waals surface area contributed by atoms with Crippen molar-refractivity contribution in [2.75, 3.05) is 14.1 Å². The Morgan fingerprint density at radius 2 is 1.65 bits per heavy atom. The Balaban J connectivity index is 0.000000621. The Hall–Kier alpha value is -0.730. The van der Waals surface area contributed by atoms with Crippen molar-refractivity contribution in [3.05, 3.63) is 34.9 Å². The summed E-state index contributed by atoms with van der Waals surface area (Å²) < 4.78 is 35.8. The molecule has 0 atom stereocenters. The van der Waals surface area contributed by atoms with E-state index in [4.69, 9.17) is 41.8 Å². The van der Waals surface area contributed by atoms with Gasteiger partial charge >= 0.3 is 0 Å². The maximum Gasteiger partial charge on any atom is 0.282 e. The second-order valence-electron chi connectivity index (χ2n) is 3.77. The van der Waals surface area contributed by atoms with Crippen molar-refractivity contribution >= 4 is 34.7 Å². The first-order valence-electron chi connectivity index (χ1n) is 5.16. The van der Waals surface area contributed by atoms with E-state index in [9.17, 15) is 0 Å². The number of halogens is 3. The molecule has 112 valence electrons. The lowest BCUT2D eigenvalue weighted by atomic mass is 10.2. The third-order valence-corrected chi connectivity index (χ3v) is 2.18. The third kappa shape index (κ3) is 13.7. The largest absolute Gasteiger partial charge is 0.282 e. The number of nitrogens with zero attached hydrogens (tertiary/aromatic N) is 2. The highest BCUT2D eigenvalue weighted by Gasteiger charge is 2.02. The number of benzene rings is 1. The molecule has 0 unspecified atom stereocenters. The second kappa shape index (κ2) is 9.25. The van der Waals surface area contributed by atoms with Gasteiger partial charge in [-0.25, -0.2) is 18.6 Å². The van der Waals surface area contributed by atoms with E-state index < -0.39 is 10.2 Å². The van der Waals surface area contributed by atoms with Crippen LogP contribution in [0.15, 0.2) is 29.3 Å². The molecule has 0 saturated carbocycles. The molecular weight excluding hydrogens is 330 g/mol. The van der Waals surface area contributed by atoms with Crippen LogP contribution in [0.5, 0.6) is 0 Å². The molecule has 6 nitrogen and oxygen atoms in total. The lowest BCUT2D eigenvalue weighted by Gasteiger charge is -2.17. The van der Waals surface area contributed by atoms with Crippen LogP contribution < -0.4 is 18.6 Å². The highest BCUT2D eigenvalue weighted by Crippen LogP contribution is 2.10. The van der Waals surface area contributed by atoms with E-state index in [1.807, 2.05) is 42.9 Å². The quantitative estimate of drug-likeness (QED) is 0.361. The molecule has 0 aliphatic heterocycles. The highest BCUT2D eigenvalue weighted by atomic mass is 35.7. The molecular formula is C11H13Cl3N2O4. The van der Waals surface area contributed by atoms with Crippen molar-refractivity contribution in [3.63, 3.8) is 0 Å². The van der Waals surface area contributed by atoms with Gasteiger partial charge in [-0.2, -0.15) is 0 Å². The van der Waals surface area contributed by atoms with E-state index in [1.165, 1.54) is 0 Å². The van der Waals surface area contributed by atoms with Crippen LogP contribution in [0.25, 0.3) is 0 Å². The van der Waals surface area contributed by atoms with Crippen molar-refractivity contribution in [1.29, 1.82) is 0 Å². The van der Waals surface area contributed by atoms with Gasteiger partial charge < -0.3 is 0 Å². The zero-order valence-corrected chi connectivity index (χ0v) is 13.0. The van der Waals surface area contributed by atoms with Crippen LogP contribution in [0.1, 0.15) is 5.56 Å². The van der Waals surface area contributed by atoms with Crippen molar-refractivity contribution in [1.82, 2.24) is 0 Å². The molecule has 0 radical (unpaired) electrons. The van der Waals surface area contributed by atoms with Gasteiger partial charge in [0.1, 0.15) is 0 Å². The van der Waals surface area contributed by atoms with Crippen LogP contribution in [0.2, 0.25) is 5.02 Å². The van der Waals surface area contributed by atoms with Crippen molar-refractivity contribution in [2.45, 2.75) is 6.42 Å². The standard InChI is InChI=1S/C11H13Cl2N2.ClHO4/c1-15(2)8-14-11(13)7-9-3-5-10(12)6-4-9;2-1(3,4)5/h3-6,8H,7H2,1-2H3;(H,2,3,4,5)/q+1;/p-1. The van der Waals surface area contributed by atoms with Crippen molar-refractivity contribution in [3.8, 4) is 0 Å². The summed E-state index contributed by atoms with van der Waals surface area (Å²) in [5, 5.41) is 1.29. The van der Waals surface area contributed by atoms with Gasteiger partial charge in [0.2, 0.25) is 5.17 Å². The number of aliphatic imine (C=N–C) groups is 1. The van der Waals surface area contributed by atoms with E-state index in [2.05, 4.69) is 4.99 Å². The van der Waals surface area contributed by atoms with Crippen LogP contribution in [0, 0.1) is 10.2 Å². The highest BCUT2D eigenvalue weighted by molar-refractivity contribution is 6.66. The Labute approximate surface area is 129 Å². The third-order valence-electron chi connectivity index (χ3n) is 1.69. The fourth-order valence-electron chi connectivity index (χ4n) is 0.994. The minimum absolute atomic E-state index is 0.561. The molecule has 0 N–H and O–H groups in total. The summed E-state index contributed by atoms with van der Waals surface area (Å²) in [6, 6.07) is 7.57. The predicted molar refractivity (Wildman–Crippen MR) is 66.6 cm³/mol. The number of rotatable bonds is 3. The SMILES string of the molecule is C[N+](C)=CN=C(Cl)Cc1ccc(Cl)cc1.[O-][Cl+3]([O-])([O-])[O-]. The average Bonchev–Trinajstić information content (AvgIpc) is 2.27. The number of hydrogen-bond donors (Lipinski definition) is 0. The smallest absolute Gasteiger partial charge is 0.270 e. The van der Waals surface area contributed by atoms with E-state index in [0.717, 1.165) is 10.6 Å². The normalized spacial score (nSPS) is 11.5. The monoisotopic (exact) mass is 342 g/mol. The Morgan fingerprint density at radius 1 is 1.20 bits per heavy atom. The van der Waals surface area contributed by atoms with Gasteiger partial charge in [0, 0.05) is 5.02 Å². The maximum absolute atomic E-state index is 8.49. The molecule has 0 spiro atoms. The molecule has 0 heterocycles. The molecule has 0 aromatic heterocycles. The second-order valence-corrected chi connectivity index (χ2v) is 5.39. The van der Waals surface area contributed by atoms with Gasteiger partial charge in [0.25, 0.3) is 6.34 Å². The van der Waals surface area contributed by atoms with Gasteiger partial charge in [-0.05, 0) is 34.3 Å². The summed E-state index contributed by atoms with van der Waals surface area (Å²) >= 11 is 11.7. The lowest BCUT2D eigenvalue weighted by molar-refractivity contribution is -2.00. The Kier molecular flexibility index (Phi) is 8.91. The molecule has 0 aliphatic carbocycles. The molecule has 0 fully saturated rings. The predicted octanol–water partition coefficient (Wildman–Crippen LogP) is -1.94. The summed E-state index contributed by atoms with van der Waals surface area (Å²) in [6.07, 6.45) is 2.31. The van der Waals surface area contributed by atoms with Gasteiger partial charge in [0.15, 0.2) is 0 Å². The summed E-state index contributed by atoms with van der Waals surface area (Å²) in [4.78, 5) is 4.09.